The Morgan fingerprint density at radius 1 is 0.623 bits per heavy atom. The second-order valence-corrected chi connectivity index (χ2v) is 26.7. The fourth-order valence-corrected chi connectivity index (χ4v) is 15.2. The van der Waals surface area contributed by atoms with Crippen molar-refractivity contribution >= 4 is 132 Å². The number of fused-ring (bicyclic) bond motifs is 2. The van der Waals surface area contributed by atoms with E-state index in [1.165, 1.54) is 26.4 Å². The molecule has 77 heavy (non-hydrogen) atoms. The van der Waals surface area contributed by atoms with Crippen LogP contribution in [-0.4, -0.2) is 117 Å². The lowest BCUT2D eigenvalue weighted by Gasteiger charge is -2.28. The van der Waals surface area contributed by atoms with Crippen molar-refractivity contribution in [3.05, 3.63) is 45.1 Å². The zero-order chi connectivity index (χ0) is 56.6. The van der Waals surface area contributed by atoms with Crippen LogP contribution in [0.2, 0.25) is 0 Å². The van der Waals surface area contributed by atoms with Gasteiger partial charge in [-0.1, -0.05) is 39.5 Å². The van der Waals surface area contributed by atoms with Gasteiger partial charge in [-0.3, -0.25) is 23.2 Å². The molecule has 416 valence electrons. The second kappa shape index (κ2) is 22.9. The third kappa shape index (κ3) is 13.6. The lowest BCUT2D eigenvalue weighted by atomic mass is 9.76. The van der Waals surface area contributed by atoms with E-state index in [4.69, 9.17) is 9.47 Å². The Morgan fingerprint density at radius 2 is 1.01 bits per heavy atom. The zero-order valence-electron chi connectivity index (χ0n) is 43.8. The van der Waals surface area contributed by atoms with Crippen LogP contribution in [0.25, 0.3) is 0 Å². The van der Waals surface area contributed by atoms with Gasteiger partial charge in [-0.2, -0.15) is 40.2 Å². The Hall–Kier alpha value is -5.73. The summed E-state index contributed by atoms with van der Waals surface area (Å²) in [6, 6.07) is 6.42. The molecule has 0 aliphatic heterocycles. The lowest BCUT2D eigenvalue weighted by molar-refractivity contribution is 0.0907. The van der Waals surface area contributed by atoms with Gasteiger partial charge in [-0.05, 0) is 74.6 Å². The molecule has 0 unspecified atom stereocenters. The number of nitrogens with zero attached hydrogens (tertiary/aromatic N) is 9. The average molecular weight is 1180 g/mol. The molecule has 5 N–H and O–H groups in total. The number of Topliss-reactive ketones (excluding diaryl/α,β-unsaturated/α-hetero) is 2. The number of anilines is 6. The number of carbonyl (C=O) groups is 2. The van der Waals surface area contributed by atoms with Crippen molar-refractivity contribution in [1.29, 1.82) is 0 Å². The molecule has 0 bridgehead atoms. The van der Waals surface area contributed by atoms with E-state index in [0.29, 0.717) is 49.1 Å². The van der Waals surface area contributed by atoms with Crippen LogP contribution in [0.1, 0.15) is 98.7 Å². The summed E-state index contributed by atoms with van der Waals surface area (Å²) in [7, 11) is -11.3. The molecule has 30 heteroatoms. The number of azo groups is 2. The molecule has 0 fully saturated rings. The number of nitrogens with one attached hydrogen (secondary N) is 2. The molecule has 0 atom stereocenters. The Bertz CT molecular complexity index is 3330. The van der Waals surface area contributed by atoms with E-state index in [9.17, 15) is 48.5 Å². The Kier molecular flexibility index (Phi) is 17.6. The fourth-order valence-electron chi connectivity index (χ4n) is 9.06. The van der Waals surface area contributed by atoms with Crippen LogP contribution >= 0.6 is 34.4 Å². The third-order valence-corrected chi connectivity index (χ3v) is 18.8. The molecule has 7 rings (SSSR count). The summed E-state index contributed by atoms with van der Waals surface area (Å²) in [5.41, 5.74) is 0.768. The molecular formula is C47H59N11O13S6. The van der Waals surface area contributed by atoms with E-state index in [0.717, 1.165) is 34.4 Å². The zero-order valence-corrected chi connectivity index (χ0v) is 48.7. The van der Waals surface area contributed by atoms with Crippen molar-refractivity contribution in [2.75, 3.05) is 72.3 Å². The van der Waals surface area contributed by atoms with Crippen LogP contribution < -0.4 is 29.9 Å². The summed E-state index contributed by atoms with van der Waals surface area (Å²) in [6.07, 6.45) is 0.656. The van der Waals surface area contributed by atoms with Crippen LogP contribution in [0.3, 0.4) is 0 Å². The van der Waals surface area contributed by atoms with E-state index in [1.54, 1.807) is 12.1 Å². The van der Waals surface area contributed by atoms with Crippen molar-refractivity contribution < 1.29 is 58.0 Å². The highest BCUT2D eigenvalue weighted by molar-refractivity contribution is 8.00. The van der Waals surface area contributed by atoms with Crippen LogP contribution in [-0.2, 0) is 43.2 Å². The maximum absolute atomic E-state index is 13.3. The van der Waals surface area contributed by atoms with Crippen molar-refractivity contribution in [1.82, 2.24) is 15.0 Å². The number of methoxy groups -OCH3 is 2. The molecule has 0 amide bonds. The minimum absolute atomic E-state index is 0.0425. The van der Waals surface area contributed by atoms with E-state index in [2.05, 4.69) is 46.0 Å². The van der Waals surface area contributed by atoms with Crippen LogP contribution in [0, 0.1) is 10.8 Å². The smallest absolute Gasteiger partial charge is 0.297 e. The molecule has 2 aromatic carbocycles. The summed E-state index contributed by atoms with van der Waals surface area (Å²) >= 11 is 2.45. The molecule has 0 saturated carbocycles. The number of carbonyl (C=O) groups excluding carboxylic acids is 2. The van der Waals surface area contributed by atoms with E-state index in [-0.39, 0.29) is 114 Å². The summed E-state index contributed by atoms with van der Waals surface area (Å²) in [6.45, 7) is 17.1. The largest absolute Gasteiger partial charge is 0.494 e. The summed E-state index contributed by atoms with van der Waals surface area (Å²) in [5.74, 6) is -1.09. The maximum Gasteiger partial charge on any atom is 0.297 e. The van der Waals surface area contributed by atoms with Gasteiger partial charge in [-0.15, -0.1) is 43.1 Å². The highest BCUT2D eigenvalue weighted by Gasteiger charge is 2.40. The molecule has 2 aliphatic carbocycles. The monoisotopic (exact) mass is 1180 g/mol. The van der Waals surface area contributed by atoms with Crippen LogP contribution in [0.4, 0.5) is 56.0 Å². The van der Waals surface area contributed by atoms with Crippen molar-refractivity contribution in [3.63, 3.8) is 0 Å². The summed E-state index contributed by atoms with van der Waals surface area (Å²) < 4.78 is 118. The Morgan fingerprint density at radius 3 is 1.35 bits per heavy atom. The number of benzene rings is 2. The number of hydrogen-bond acceptors (Lipinski definition) is 24. The van der Waals surface area contributed by atoms with Crippen LogP contribution in [0.15, 0.2) is 59.7 Å². The first-order chi connectivity index (χ1) is 36.0. The molecular weight excluding hydrogens is 1120 g/mol. The lowest BCUT2D eigenvalue weighted by Crippen LogP contribution is -2.26. The molecule has 3 aromatic heterocycles. The van der Waals surface area contributed by atoms with Gasteiger partial charge in [0.1, 0.15) is 32.7 Å². The van der Waals surface area contributed by atoms with Gasteiger partial charge in [0, 0.05) is 56.9 Å². The molecule has 0 radical (unpaired) electrons. The second-order valence-electron chi connectivity index (χ2n) is 19.4. The van der Waals surface area contributed by atoms with E-state index in [1.807, 2.05) is 65.2 Å². The fraction of sp³-hybridized carbons (Fsp3) is 0.468. The standard InChI is InChI=1S/C47H59N11O13S6/c1-11-57(12-2)31-17-27(29(19-35(31)70-9)53-55-41-39(76(64,65)66)25-21-46(5,6)23-33(59)37(25)73-41)48-43-50-44(52-45(51-43)72-15-16-75(61,62)63)49-28-18-32(58(13-3)14-4)36(71-10)20-30(28)54-56-42-40(77(67,68)69)26-22-47(7,8)24-34(60)38(26)74-42/h17-20H,11-16,21-24H2,1-10H3,(H,61,62,63)(H,64,65,66)(H,67,68,69)(H2,48,49,50,51,52). The van der Waals surface area contributed by atoms with Crippen molar-refractivity contribution in [3.8, 4) is 11.5 Å². The summed E-state index contributed by atoms with van der Waals surface area (Å²) in [4.78, 5) is 43.6. The molecule has 0 spiro atoms. The number of thiophene rings is 2. The first kappa shape index (κ1) is 58.9. The quantitative estimate of drug-likeness (QED) is 0.0244. The highest BCUT2D eigenvalue weighted by atomic mass is 32.2. The number of thioether (sulfide) groups is 1. The third-order valence-electron chi connectivity index (χ3n) is 12.5. The number of rotatable bonds is 22. The van der Waals surface area contributed by atoms with Crippen molar-refractivity contribution in [2.45, 2.75) is 96.0 Å². The topological polar surface area (TPSA) is 334 Å². The van der Waals surface area contributed by atoms with E-state index >= 15 is 0 Å². The minimum Gasteiger partial charge on any atom is -0.494 e. The molecule has 5 aromatic rings. The van der Waals surface area contributed by atoms with E-state index < -0.39 is 56.7 Å². The van der Waals surface area contributed by atoms with Crippen LogP contribution in [0.5, 0.6) is 11.5 Å². The first-order valence-corrected chi connectivity index (χ1v) is 31.1. The number of ketones is 2. The molecule has 24 nitrogen and oxygen atoms in total. The van der Waals surface area contributed by atoms with Gasteiger partial charge in [0.05, 0.1) is 52.5 Å². The van der Waals surface area contributed by atoms with Gasteiger partial charge in [0.2, 0.25) is 11.9 Å². The van der Waals surface area contributed by atoms with Gasteiger partial charge in [-0.25, -0.2) is 0 Å². The average Bonchev–Trinajstić information content (AvgIpc) is 3.97. The molecule has 3 heterocycles. The van der Waals surface area contributed by atoms with Gasteiger partial charge in [0.25, 0.3) is 30.4 Å². The highest BCUT2D eigenvalue weighted by Crippen LogP contribution is 2.50. The Labute approximate surface area is 458 Å². The molecule has 0 saturated heterocycles. The predicted molar refractivity (Wildman–Crippen MR) is 296 cm³/mol. The van der Waals surface area contributed by atoms with Gasteiger partial charge >= 0.3 is 0 Å². The first-order valence-electron chi connectivity index (χ1n) is 24.0. The summed E-state index contributed by atoms with van der Waals surface area (Å²) in [5, 5.41) is 23.4. The minimum atomic E-state index is -4.91. The molecule has 2 aliphatic rings. The maximum atomic E-state index is 13.3. The number of ether oxygens (including phenoxy) is 2. The predicted octanol–water partition coefficient (Wildman–Crippen LogP) is 10.8. The SMILES string of the molecule is CCN(CC)c1cc(Nc2nc(Nc3cc(N(CC)CC)c(OC)cc3N=Nc3sc4c(c3S(=O)(=O)O)CC(C)(C)CC4=O)nc(SCCS(=O)(=O)O)n2)c(N=Nc2sc3c(c2S(=O)(=O)O)CC(C)(C)CC3=O)cc1OC. The van der Waals surface area contributed by atoms with Gasteiger partial charge in [0.15, 0.2) is 26.7 Å². The number of aromatic nitrogens is 3. The normalized spacial score (nSPS) is 15.4. The van der Waals surface area contributed by atoms with Crippen molar-refractivity contribution in [2.24, 2.45) is 31.3 Å². The number of hydrogen-bond donors (Lipinski definition) is 5. The Balaban J connectivity index is 1.39. The van der Waals surface area contributed by atoms with Gasteiger partial charge < -0.3 is 29.9 Å².